The first-order chi connectivity index (χ1) is 9.76. The fourth-order valence-corrected chi connectivity index (χ4v) is 1.66. The maximum atomic E-state index is 13.2. The summed E-state index contributed by atoms with van der Waals surface area (Å²) in [5.74, 6) is -1.06. The van der Waals surface area contributed by atoms with Gasteiger partial charge in [-0.1, -0.05) is 0 Å². The zero-order chi connectivity index (χ0) is 15.6. The molecule has 112 valence electrons. The van der Waals surface area contributed by atoms with Gasteiger partial charge in [-0.2, -0.15) is 0 Å². The van der Waals surface area contributed by atoms with Crippen LogP contribution < -0.4 is 16.4 Å². The number of nitrogens with zero attached hydrogens (tertiary/aromatic N) is 2. The third kappa shape index (κ3) is 3.77. The summed E-state index contributed by atoms with van der Waals surface area (Å²) in [5, 5.41) is 5.99. The number of anilines is 4. The van der Waals surface area contributed by atoms with Crippen molar-refractivity contribution in [2.75, 3.05) is 16.4 Å². The molecule has 0 unspecified atom stereocenters. The van der Waals surface area contributed by atoms with Crippen LogP contribution in [0.15, 0.2) is 24.5 Å². The van der Waals surface area contributed by atoms with Crippen LogP contribution in [-0.2, 0) is 0 Å². The molecule has 4 N–H and O–H groups in total. The van der Waals surface area contributed by atoms with Crippen molar-refractivity contribution in [2.24, 2.45) is 0 Å². The average Bonchev–Trinajstić information content (AvgIpc) is 2.37. The fourth-order valence-electron chi connectivity index (χ4n) is 1.66. The predicted octanol–water partition coefficient (Wildman–Crippen LogP) is 3.29. The van der Waals surface area contributed by atoms with Crippen LogP contribution >= 0.6 is 0 Å². The number of hydrogen-bond donors (Lipinski definition) is 3. The van der Waals surface area contributed by atoms with Gasteiger partial charge >= 0.3 is 0 Å². The summed E-state index contributed by atoms with van der Waals surface area (Å²) >= 11 is 0. The molecule has 21 heavy (non-hydrogen) atoms. The SMILES string of the molecule is CC(C)(C)Nc1ncnc(Nc2ccc(F)c(F)c2)c1N. The molecule has 1 aromatic carbocycles. The van der Waals surface area contributed by atoms with Crippen molar-refractivity contribution in [2.45, 2.75) is 26.3 Å². The molecule has 2 rings (SSSR count). The molecule has 5 nitrogen and oxygen atoms in total. The Morgan fingerprint density at radius 1 is 1.05 bits per heavy atom. The normalized spacial score (nSPS) is 11.3. The van der Waals surface area contributed by atoms with Crippen molar-refractivity contribution >= 4 is 23.0 Å². The number of aromatic nitrogens is 2. The summed E-state index contributed by atoms with van der Waals surface area (Å²) in [5.41, 5.74) is 6.42. The Labute approximate surface area is 121 Å². The lowest BCUT2D eigenvalue weighted by Gasteiger charge is -2.22. The summed E-state index contributed by atoms with van der Waals surface area (Å²) in [7, 11) is 0. The largest absolute Gasteiger partial charge is 0.393 e. The molecule has 2 aromatic rings. The minimum absolute atomic E-state index is 0.221. The number of nitrogen functional groups attached to an aromatic ring is 1. The molecule has 0 saturated heterocycles. The summed E-state index contributed by atoms with van der Waals surface area (Å²) < 4.78 is 26.1. The van der Waals surface area contributed by atoms with Crippen LogP contribution in [0.2, 0.25) is 0 Å². The Hall–Kier alpha value is -2.44. The number of halogens is 2. The van der Waals surface area contributed by atoms with Gasteiger partial charge in [0, 0.05) is 17.3 Å². The van der Waals surface area contributed by atoms with Gasteiger partial charge < -0.3 is 16.4 Å². The molecular formula is C14H17F2N5. The average molecular weight is 293 g/mol. The quantitative estimate of drug-likeness (QED) is 0.809. The molecule has 0 amide bonds. The third-order valence-electron chi connectivity index (χ3n) is 2.56. The molecule has 1 heterocycles. The van der Waals surface area contributed by atoms with Gasteiger partial charge in [-0.3, -0.25) is 0 Å². The predicted molar refractivity (Wildman–Crippen MR) is 79.5 cm³/mol. The topological polar surface area (TPSA) is 75.9 Å². The highest BCUT2D eigenvalue weighted by Gasteiger charge is 2.15. The van der Waals surface area contributed by atoms with E-state index in [2.05, 4.69) is 20.6 Å². The fraction of sp³-hybridized carbons (Fsp3) is 0.286. The number of nitrogens with one attached hydrogen (secondary N) is 2. The molecule has 0 aliphatic carbocycles. The van der Waals surface area contributed by atoms with Crippen molar-refractivity contribution in [3.8, 4) is 0 Å². The van der Waals surface area contributed by atoms with Gasteiger partial charge in [0.15, 0.2) is 23.3 Å². The second kappa shape index (κ2) is 5.51. The van der Waals surface area contributed by atoms with Crippen LogP contribution in [0.25, 0.3) is 0 Å². The molecule has 0 aliphatic rings. The minimum atomic E-state index is -0.944. The van der Waals surface area contributed by atoms with Gasteiger partial charge in [0.1, 0.15) is 12.0 Å². The van der Waals surface area contributed by atoms with Gasteiger partial charge in [-0.15, -0.1) is 0 Å². The Morgan fingerprint density at radius 3 is 2.33 bits per heavy atom. The Bertz CT molecular complexity index is 652. The van der Waals surface area contributed by atoms with E-state index in [1.165, 1.54) is 12.4 Å². The van der Waals surface area contributed by atoms with Gasteiger partial charge in [-0.05, 0) is 32.9 Å². The summed E-state index contributed by atoms with van der Waals surface area (Å²) in [6, 6.07) is 3.47. The molecule has 0 fully saturated rings. The molecule has 7 heteroatoms. The molecular weight excluding hydrogens is 276 g/mol. The van der Waals surface area contributed by atoms with E-state index in [0.29, 0.717) is 23.0 Å². The lowest BCUT2D eigenvalue weighted by Crippen LogP contribution is -2.27. The van der Waals surface area contributed by atoms with Gasteiger partial charge in [0.25, 0.3) is 0 Å². The number of nitrogens with two attached hydrogens (primary N) is 1. The van der Waals surface area contributed by atoms with Crippen molar-refractivity contribution in [3.63, 3.8) is 0 Å². The van der Waals surface area contributed by atoms with Crippen LogP contribution in [0.5, 0.6) is 0 Å². The summed E-state index contributed by atoms with van der Waals surface area (Å²) in [6.45, 7) is 5.91. The molecule has 0 spiro atoms. The molecule has 1 aromatic heterocycles. The minimum Gasteiger partial charge on any atom is -0.393 e. The van der Waals surface area contributed by atoms with Crippen LogP contribution in [-0.4, -0.2) is 15.5 Å². The maximum Gasteiger partial charge on any atom is 0.160 e. The van der Waals surface area contributed by atoms with Crippen LogP contribution in [0.1, 0.15) is 20.8 Å². The molecule has 0 atom stereocenters. The van der Waals surface area contributed by atoms with Gasteiger partial charge in [0.05, 0.1) is 0 Å². The zero-order valence-corrected chi connectivity index (χ0v) is 12.0. The van der Waals surface area contributed by atoms with Gasteiger partial charge in [0.2, 0.25) is 0 Å². The van der Waals surface area contributed by atoms with Crippen LogP contribution in [0, 0.1) is 11.6 Å². The van der Waals surface area contributed by atoms with E-state index in [1.54, 1.807) is 0 Å². The van der Waals surface area contributed by atoms with E-state index in [-0.39, 0.29) is 5.54 Å². The number of rotatable bonds is 3. The standard InChI is InChI=1S/C14H17F2N5/c1-14(2,3)21-13-11(17)12(18-7-19-13)20-8-4-5-9(15)10(16)6-8/h4-7H,17H2,1-3H3,(H2,18,19,20,21). The highest BCUT2D eigenvalue weighted by Crippen LogP contribution is 2.28. The van der Waals surface area contributed by atoms with E-state index >= 15 is 0 Å². The lowest BCUT2D eigenvalue weighted by molar-refractivity contribution is 0.509. The maximum absolute atomic E-state index is 13.2. The number of hydrogen-bond acceptors (Lipinski definition) is 5. The first-order valence-corrected chi connectivity index (χ1v) is 6.37. The van der Waals surface area contributed by atoms with Crippen molar-refractivity contribution < 1.29 is 8.78 Å². The summed E-state index contributed by atoms with van der Waals surface area (Å²) in [4.78, 5) is 8.09. The highest BCUT2D eigenvalue weighted by molar-refractivity contribution is 5.77. The molecule has 0 saturated carbocycles. The molecule has 0 radical (unpaired) electrons. The van der Waals surface area contributed by atoms with Crippen molar-refractivity contribution in [3.05, 3.63) is 36.2 Å². The molecule has 0 aliphatic heterocycles. The third-order valence-corrected chi connectivity index (χ3v) is 2.56. The van der Waals surface area contributed by atoms with E-state index < -0.39 is 11.6 Å². The number of benzene rings is 1. The van der Waals surface area contributed by atoms with Crippen LogP contribution in [0.4, 0.5) is 31.8 Å². The monoisotopic (exact) mass is 293 g/mol. The van der Waals surface area contributed by atoms with E-state index in [9.17, 15) is 8.78 Å². The zero-order valence-electron chi connectivity index (χ0n) is 12.0. The first-order valence-electron chi connectivity index (χ1n) is 6.37. The van der Waals surface area contributed by atoms with Crippen LogP contribution in [0.3, 0.4) is 0 Å². The van der Waals surface area contributed by atoms with Crippen molar-refractivity contribution in [1.29, 1.82) is 0 Å². The van der Waals surface area contributed by atoms with Crippen molar-refractivity contribution in [1.82, 2.24) is 9.97 Å². The molecule has 0 bridgehead atoms. The summed E-state index contributed by atoms with van der Waals surface area (Å²) in [6.07, 6.45) is 1.34. The second-order valence-electron chi connectivity index (χ2n) is 5.61. The Balaban J connectivity index is 2.28. The Kier molecular flexibility index (Phi) is 3.93. The lowest BCUT2D eigenvalue weighted by atomic mass is 10.1. The van der Waals surface area contributed by atoms with E-state index in [1.807, 2.05) is 20.8 Å². The van der Waals surface area contributed by atoms with E-state index in [4.69, 9.17) is 5.73 Å². The van der Waals surface area contributed by atoms with E-state index in [0.717, 1.165) is 12.1 Å². The first kappa shape index (κ1) is 15.0. The smallest absolute Gasteiger partial charge is 0.160 e. The highest BCUT2D eigenvalue weighted by atomic mass is 19.2. The Morgan fingerprint density at radius 2 is 1.71 bits per heavy atom. The second-order valence-corrected chi connectivity index (χ2v) is 5.61. The van der Waals surface area contributed by atoms with Gasteiger partial charge in [-0.25, -0.2) is 18.7 Å².